The van der Waals surface area contributed by atoms with Crippen LogP contribution in [0.1, 0.15) is 36.8 Å². The van der Waals surface area contributed by atoms with Crippen molar-refractivity contribution in [3.63, 3.8) is 0 Å². The van der Waals surface area contributed by atoms with Gasteiger partial charge in [0.15, 0.2) is 0 Å². The number of carbonyl (C=O) groups is 1. The second kappa shape index (κ2) is 8.37. The van der Waals surface area contributed by atoms with Crippen molar-refractivity contribution in [2.24, 2.45) is 5.92 Å². The molecule has 1 aliphatic rings. The molecular formula is C21H24ClN5O2. The molecule has 7 nitrogen and oxygen atoms in total. The predicted octanol–water partition coefficient (Wildman–Crippen LogP) is 3.67. The molecule has 2 aromatic heterocycles. The van der Waals surface area contributed by atoms with E-state index in [2.05, 4.69) is 25.3 Å². The largest absolute Gasteiger partial charge is 0.355 e. The first-order valence-corrected chi connectivity index (χ1v) is 10.3. The van der Waals surface area contributed by atoms with Gasteiger partial charge in [-0.1, -0.05) is 35.8 Å². The lowest BCUT2D eigenvalue weighted by atomic mass is 9.96. The standard InChI is InChI=1S/C21H24ClN5O2/c1-3-17-18-19(24-13(2)25-21(18)29-26-17)27-10-4-5-15(12-27)20(28)23-11-14-6-8-16(22)9-7-14/h6-9,15H,3-5,10-12H2,1-2H3,(H,23,28)/t15-/m0/s1. The van der Waals surface area contributed by atoms with Gasteiger partial charge in [0, 0.05) is 24.7 Å². The number of hydrogen-bond acceptors (Lipinski definition) is 6. The lowest BCUT2D eigenvalue weighted by Gasteiger charge is -2.33. The highest BCUT2D eigenvalue weighted by atomic mass is 35.5. The Morgan fingerprint density at radius 1 is 1.31 bits per heavy atom. The first-order chi connectivity index (χ1) is 14.0. The second-order valence-electron chi connectivity index (χ2n) is 7.39. The molecule has 0 bridgehead atoms. The third-order valence-electron chi connectivity index (χ3n) is 5.31. The number of nitrogens with one attached hydrogen (secondary N) is 1. The average molecular weight is 414 g/mol. The van der Waals surface area contributed by atoms with E-state index in [0.29, 0.717) is 29.7 Å². The number of carbonyl (C=O) groups excluding carboxylic acids is 1. The van der Waals surface area contributed by atoms with Gasteiger partial charge in [0.1, 0.15) is 17.0 Å². The van der Waals surface area contributed by atoms with Crippen LogP contribution in [-0.4, -0.2) is 34.1 Å². The third-order valence-corrected chi connectivity index (χ3v) is 5.56. The van der Waals surface area contributed by atoms with Crippen LogP contribution in [0, 0.1) is 12.8 Å². The van der Waals surface area contributed by atoms with E-state index in [-0.39, 0.29) is 11.8 Å². The van der Waals surface area contributed by atoms with Crippen molar-refractivity contribution in [2.75, 3.05) is 18.0 Å². The van der Waals surface area contributed by atoms with Crippen LogP contribution in [0.5, 0.6) is 0 Å². The van der Waals surface area contributed by atoms with Crippen molar-refractivity contribution < 1.29 is 9.32 Å². The highest BCUT2D eigenvalue weighted by molar-refractivity contribution is 6.30. The van der Waals surface area contributed by atoms with E-state index in [1.165, 1.54) is 0 Å². The molecule has 0 saturated carbocycles. The van der Waals surface area contributed by atoms with Crippen LogP contribution >= 0.6 is 11.6 Å². The molecule has 1 atom stereocenters. The molecule has 0 radical (unpaired) electrons. The van der Waals surface area contributed by atoms with Crippen molar-refractivity contribution in [1.82, 2.24) is 20.4 Å². The van der Waals surface area contributed by atoms with E-state index in [1.54, 1.807) is 0 Å². The van der Waals surface area contributed by atoms with Crippen molar-refractivity contribution >= 4 is 34.4 Å². The summed E-state index contributed by atoms with van der Waals surface area (Å²) in [7, 11) is 0. The van der Waals surface area contributed by atoms with Gasteiger partial charge in [-0.15, -0.1) is 0 Å². The molecule has 3 heterocycles. The van der Waals surface area contributed by atoms with Gasteiger partial charge < -0.3 is 14.7 Å². The fourth-order valence-corrected chi connectivity index (χ4v) is 3.91. The Labute approximate surface area is 174 Å². The lowest BCUT2D eigenvalue weighted by Crippen LogP contribution is -2.43. The third kappa shape index (κ3) is 4.19. The summed E-state index contributed by atoms with van der Waals surface area (Å²) in [4.78, 5) is 24.0. The molecule has 1 amide bonds. The molecule has 1 saturated heterocycles. The van der Waals surface area contributed by atoms with Gasteiger partial charge in [-0.3, -0.25) is 4.79 Å². The molecule has 152 valence electrons. The summed E-state index contributed by atoms with van der Waals surface area (Å²) in [6, 6.07) is 7.51. The minimum atomic E-state index is -0.0914. The number of piperidine rings is 1. The topological polar surface area (TPSA) is 84.2 Å². The maximum Gasteiger partial charge on any atom is 0.263 e. The van der Waals surface area contributed by atoms with Crippen LogP contribution in [0.3, 0.4) is 0 Å². The smallest absolute Gasteiger partial charge is 0.263 e. The number of aromatic nitrogens is 3. The number of anilines is 1. The van der Waals surface area contributed by atoms with Crippen LogP contribution in [-0.2, 0) is 17.8 Å². The molecule has 1 aromatic carbocycles. The molecular weight excluding hydrogens is 390 g/mol. The number of benzene rings is 1. The van der Waals surface area contributed by atoms with E-state index in [4.69, 9.17) is 16.1 Å². The highest BCUT2D eigenvalue weighted by Crippen LogP contribution is 2.31. The van der Waals surface area contributed by atoms with Crippen LogP contribution in [0.25, 0.3) is 11.1 Å². The number of aryl methyl sites for hydroxylation is 2. The second-order valence-corrected chi connectivity index (χ2v) is 7.82. The quantitative estimate of drug-likeness (QED) is 0.686. The van der Waals surface area contributed by atoms with Gasteiger partial charge in [-0.2, -0.15) is 4.98 Å². The fraction of sp³-hybridized carbons (Fsp3) is 0.429. The molecule has 29 heavy (non-hydrogen) atoms. The van der Waals surface area contributed by atoms with E-state index in [9.17, 15) is 4.79 Å². The SMILES string of the molecule is CCc1noc2nc(C)nc(N3CCC[C@H](C(=O)NCc4ccc(Cl)cc4)C3)c12. The minimum absolute atomic E-state index is 0.0627. The molecule has 3 aromatic rings. The van der Waals surface area contributed by atoms with Crippen LogP contribution in [0.15, 0.2) is 28.8 Å². The Balaban J connectivity index is 1.49. The normalized spacial score (nSPS) is 16.9. The number of fused-ring (bicyclic) bond motifs is 1. The Morgan fingerprint density at radius 3 is 2.86 bits per heavy atom. The van der Waals surface area contributed by atoms with Crippen LogP contribution in [0.4, 0.5) is 5.82 Å². The summed E-state index contributed by atoms with van der Waals surface area (Å²) >= 11 is 5.92. The van der Waals surface area contributed by atoms with Crippen molar-refractivity contribution in [3.05, 3.63) is 46.4 Å². The van der Waals surface area contributed by atoms with Crippen molar-refractivity contribution in [1.29, 1.82) is 0 Å². The number of nitrogens with zero attached hydrogens (tertiary/aromatic N) is 4. The summed E-state index contributed by atoms with van der Waals surface area (Å²) in [6.07, 6.45) is 2.53. The Morgan fingerprint density at radius 2 is 2.10 bits per heavy atom. The van der Waals surface area contributed by atoms with E-state index >= 15 is 0 Å². The molecule has 4 rings (SSSR count). The van der Waals surface area contributed by atoms with E-state index in [0.717, 1.165) is 48.3 Å². The zero-order chi connectivity index (χ0) is 20.4. The molecule has 1 N–H and O–H groups in total. The first-order valence-electron chi connectivity index (χ1n) is 9.95. The highest BCUT2D eigenvalue weighted by Gasteiger charge is 2.29. The van der Waals surface area contributed by atoms with E-state index in [1.807, 2.05) is 38.1 Å². The molecule has 8 heteroatoms. The summed E-state index contributed by atoms with van der Waals surface area (Å²) in [5, 5.41) is 8.75. The van der Waals surface area contributed by atoms with E-state index < -0.39 is 0 Å². The number of halogens is 1. The number of rotatable bonds is 5. The van der Waals surface area contributed by atoms with Gasteiger partial charge in [-0.05, 0) is 43.9 Å². The first kappa shape index (κ1) is 19.6. The summed E-state index contributed by atoms with van der Waals surface area (Å²) in [5.74, 6) is 1.43. The maximum atomic E-state index is 12.8. The molecule has 0 spiro atoms. The number of amides is 1. The summed E-state index contributed by atoms with van der Waals surface area (Å²) in [5.41, 5.74) is 2.39. The zero-order valence-corrected chi connectivity index (χ0v) is 17.4. The maximum absolute atomic E-state index is 12.8. The molecule has 0 unspecified atom stereocenters. The van der Waals surface area contributed by atoms with Gasteiger partial charge in [0.2, 0.25) is 5.91 Å². The monoisotopic (exact) mass is 413 g/mol. The Bertz CT molecular complexity index is 1020. The van der Waals surface area contributed by atoms with Gasteiger partial charge in [-0.25, -0.2) is 4.98 Å². The molecule has 1 aliphatic heterocycles. The fourth-order valence-electron chi connectivity index (χ4n) is 3.78. The molecule has 0 aliphatic carbocycles. The average Bonchev–Trinajstić information content (AvgIpc) is 3.15. The van der Waals surface area contributed by atoms with Gasteiger partial charge in [0.25, 0.3) is 5.71 Å². The Hall–Kier alpha value is -2.67. The van der Waals surface area contributed by atoms with Crippen molar-refractivity contribution in [2.45, 2.75) is 39.7 Å². The van der Waals surface area contributed by atoms with Crippen LogP contribution in [0.2, 0.25) is 5.02 Å². The predicted molar refractivity (Wildman–Crippen MR) is 112 cm³/mol. The van der Waals surface area contributed by atoms with Crippen LogP contribution < -0.4 is 10.2 Å². The molecule has 1 fully saturated rings. The lowest BCUT2D eigenvalue weighted by molar-refractivity contribution is -0.125. The van der Waals surface area contributed by atoms with Crippen molar-refractivity contribution in [3.8, 4) is 0 Å². The van der Waals surface area contributed by atoms with Gasteiger partial charge >= 0.3 is 0 Å². The van der Waals surface area contributed by atoms with Gasteiger partial charge in [0.05, 0.1) is 11.6 Å². The minimum Gasteiger partial charge on any atom is -0.355 e. The summed E-state index contributed by atoms with van der Waals surface area (Å²) in [6.45, 7) is 5.84. The Kier molecular flexibility index (Phi) is 5.67. The summed E-state index contributed by atoms with van der Waals surface area (Å²) < 4.78 is 5.41. The number of hydrogen-bond donors (Lipinski definition) is 1. The zero-order valence-electron chi connectivity index (χ0n) is 16.6.